The van der Waals surface area contributed by atoms with E-state index in [1.165, 1.54) is 24.4 Å². The number of alkyl halides is 3. The molecule has 0 atom stereocenters. The molecule has 25 heavy (non-hydrogen) atoms. The van der Waals surface area contributed by atoms with Gasteiger partial charge in [0.15, 0.2) is 11.5 Å². The van der Waals surface area contributed by atoms with E-state index in [-0.39, 0.29) is 17.2 Å². The van der Waals surface area contributed by atoms with Gasteiger partial charge in [-0.3, -0.25) is 4.98 Å². The van der Waals surface area contributed by atoms with Gasteiger partial charge < -0.3 is 5.11 Å². The standard InChI is InChI=1S/C17H10F3N3O2/c18-17(19,20)12-5-3-10(4-6-12)13-8-14(16(24)25)23-15(22-13)11-2-1-7-21-9-11/h1-9H,(H,24,25). The number of carbonyl (C=O) groups is 1. The van der Waals surface area contributed by atoms with Gasteiger partial charge in [-0.25, -0.2) is 14.8 Å². The Morgan fingerprint density at radius 3 is 2.28 bits per heavy atom. The van der Waals surface area contributed by atoms with Crippen molar-refractivity contribution in [1.82, 2.24) is 15.0 Å². The fourth-order valence-corrected chi connectivity index (χ4v) is 2.16. The molecule has 2 heterocycles. The molecule has 0 aliphatic rings. The molecule has 1 N–H and O–H groups in total. The Morgan fingerprint density at radius 2 is 1.72 bits per heavy atom. The number of carboxylic acid groups (broad SMARTS) is 1. The third-order valence-corrected chi connectivity index (χ3v) is 3.37. The zero-order chi connectivity index (χ0) is 18.0. The Balaban J connectivity index is 2.09. The highest BCUT2D eigenvalue weighted by Gasteiger charge is 2.30. The minimum atomic E-state index is -4.45. The fraction of sp³-hybridized carbons (Fsp3) is 0.0588. The summed E-state index contributed by atoms with van der Waals surface area (Å²) in [5.41, 5.74) is 0.00165. The van der Waals surface area contributed by atoms with Crippen molar-refractivity contribution in [3.8, 4) is 22.6 Å². The van der Waals surface area contributed by atoms with Gasteiger partial charge in [-0.15, -0.1) is 0 Å². The average Bonchev–Trinajstić information content (AvgIpc) is 2.61. The van der Waals surface area contributed by atoms with Crippen LogP contribution in [-0.4, -0.2) is 26.0 Å². The first kappa shape index (κ1) is 16.6. The van der Waals surface area contributed by atoms with Crippen LogP contribution in [-0.2, 0) is 6.18 Å². The molecule has 0 aliphatic carbocycles. The van der Waals surface area contributed by atoms with Gasteiger partial charge >= 0.3 is 12.1 Å². The number of aromatic carboxylic acids is 1. The monoisotopic (exact) mass is 345 g/mol. The van der Waals surface area contributed by atoms with Crippen LogP contribution in [0.4, 0.5) is 13.2 Å². The first-order chi connectivity index (χ1) is 11.8. The van der Waals surface area contributed by atoms with E-state index in [0.717, 1.165) is 12.1 Å². The van der Waals surface area contributed by atoms with E-state index in [4.69, 9.17) is 0 Å². The maximum Gasteiger partial charge on any atom is 0.416 e. The highest BCUT2D eigenvalue weighted by atomic mass is 19.4. The van der Waals surface area contributed by atoms with Crippen molar-refractivity contribution < 1.29 is 23.1 Å². The highest BCUT2D eigenvalue weighted by Crippen LogP contribution is 2.31. The predicted molar refractivity (Wildman–Crippen MR) is 82.7 cm³/mol. The van der Waals surface area contributed by atoms with Crippen molar-refractivity contribution in [2.45, 2.75) is 6.18 Å². The van der Waals surface area contributed by atoms with Crippen LogP contribution in [0.15, 0.2) is 54.9 Å². The smallest absolute Gasteiger partial charge is 0.416 e. The van der Waals surface area contributed by atoms with Gasteiger partial charge in [0.1, 0.15) is 0 Å². The molecule has 5 nitrogen and oxygen atoms in total. The maximum absolute atomic E-state index is 12.7. The summed E-state index contributed by atoms with van der Waals surface area (Å²) in [4.78, 5) is 23.4. The predicted octanol–water partition coefficient (Wildman–Crippen LogP) is 3.92. The molecule has 0 aliphatic heterocycles. The minimum Gasteiger partial charge on any atom is -0.477 e. The SMILES string of the molecule is O=C(O)c1cc(-c2ccc(C(F)(F)F)cc2)nc(-c2cccnc2)n1. The Labute approximate surface area is 139 Å². The number of aromatic nitrogens is 3. The Bertz CT molecular complexity index is 911. The van der Waals surface area contributed by atoms with Crippen molar-refractivity contribution >= 4 is 5.97 Å². The molecule has 2 aromatic heterocycles. The normalized spacial score (nSPS) is 11.3. The molecule has 0 spiro atoms. The van der Waals surface area contributed by atoms with E-state index in [1.807, 2.05) is 0 Å². The zero-order valence-electron chi connectivity index (χ0n) is 12.5. The summed E-state index contributed by atoms with van der Waals surface area (Å²) in [5, 5.41) is 9.22. The molecule has 0 amide bonds. The second-order valence-electron chi connectivity index (χ2n) is 5.08. The molecule has 0 unspecified atom stereocenters. The summed E-state index contributed by atoms with van der Waals surface area (Å²) in [6.07, 6.45) is -1.43. The third kappa shape index (κ3) is 3.63. The van der Waals surface area contributed by atoms with Gasteiger partial charge in [-0.1, -0.05) is 12.1 Å². The lowest BCUT2D eigenvalue weighted by atomic mass is 10.1. The zero-order valence-corrected chi connectivity index (χ0v) is 12.5. The van der Waals surface area contributed by atoms with Gasteiger partial charge in [0.2, 0.25) is 0 Å². The first-order valence-electron chi connectivity index (χ1n) is 7.05. The van der Waals surface area contributed by atoms with Crippen molar-refractivity contribution in [2.75, 3.05) is 0 Å². The molecule has 0 saturated heterocycles. The molecule has 8 heteroatoms. The summed E-state index contributed by atoms with van der Waals surface area (Å²) >= 11 is 0. The lowest BCUT2D eigenvalue weighted by molar-refractivity contribution is -0.137. The van der Waals surface area contributed by atoms with Crippen LogP contribution in [0.3, 0.4) is 0 Å². The van der Waals surface area contributed by atoms with Gasteiger partial charge in [0.25, 0.3) is 0 Å². The summed E-state index contributed by atoms with van der Waals surface area (Å²) in [5.74, 6) is -1.14. The summed E-state index contributed by atoms with van der Waals surface area (Å²) in [6.45, 7) is 0. The van der Waals surface area contributed by atoms with Crippen LogP contribution >= 0.6 is 0 Å². The average molecular weight is 345 g/mol. The summed E-state index contributed by atoms with van der Waals surface area (Å²) in [7, 11) is 0. The largest absolute Gasteiger partial charge is 0.477 e. The van der Waals surface area contributed by atoms with Crippen LogP contribution in [0, 0.1) is 0 Å². The van der Waals surface area contributed by atoms with Gasteiger partial charge in [0.05, 0.1) is 11.3 Å². The quantitative estimate of drug-likeness (QED) is 0.778. The van der Waals surface area contributed by atoms with Crippen molar-refractivity contribution in [3.63, 3.8) is 0 Å². The van der Waals surface area contributed by atoms with E-state index in [1.54, 1.807) is 18.3 Å². The molecule has 3 rings (SSSR count). The van der Waals surface area contributed by atoms with Crippen LogP contribution in [0.5, 0.6) is 0 Å². The maximum atomic E-state index is 12.7. The number of carboxylic acids is 1. The third-order valence-electron chi connectivity index (χ3n) is 3.37. The topological polar surface area (TPSA) is 76.0 Å². The lowest BCUT2D eigenvalue weighted by Gasteiger charge is -2.09. The Kier molecular flexibility index (Phi) is 4.18. The number of hydrogen-bond acceptors (Lipinski definition) is 4. The number of rotatable bonds is 3. The number of nitrogens with zero attached hydrogens (tertiary/aromatic N) is 3. The second-order valence-corrected chi connectivity index (χ2v) is 5.08. The molecule has 126 valence electrons. The number of benzene rings is 1. The van der Waals surface area contributed by atoms with E-state index in [9.17, 15) is 23.1 Å². The van der Waals surface area contributed by atoms with E-state index in [0.29, 0.717) is 11.1 Å². The molecule has 0 fully saturated rings. The molecule has 0 radical (unpaired) electrons. The van der Waals surface area contributed by atoms with E-state index >= 15 is 0 Å². The van der Waals surface area contributed by atoms with Crippen molar-refractivity contribution in [2.24, 2.45) is 0 Å². The fourth-order valence-electron chi connectivity index (χ4n) is 2.16. The lowest BCUT2D eigenvalue weighted by Crippen LogP contribution is -2.06. The van der Waals surface area contributed by atoms with Crippen LogP contribution in [0.25, 0.3) is 22.6 Å². The molecular weight excluding hydrogens is 335 g/mol. The Hall–Kier alpha value is -3.29. The van der Waals surface area contributed by atoms with Crippen LogP contribution in [0.1, 0.15) is 16.1 Å². The second kappa shape index (κ2) is 6.31. The number of hydrogen-bond donors (Lipinski definition) is 1. The summed E-state index contributed by atoms with van der Waals surface area (Å²) in [6, 6.07) is 8.83. The van der Waals surface area contributed by atoms with E-state index in [2.05, 4.69) is 15.0 Å². The van der Waals surface area contributed by atoms with Crippen LogP contribution < -0.4 is 0 Å². The Morgan fingerprint density at radius 1 is 1.00 bits per heavy atom. The van der Waals surface area contributed by atoms with E-state index < -0.39 is 17.7 Å². The van der Waals surface area contributed by atoms with Gasteiger partial charge in [0, 0.05) is 23.5 Å². The molecule has 0 saturated carbocycles. The highest BCUT2D eigenvalue weighted by molar-refractivity contribution is 5.87. The number of halogens is 3. The van der Waals surface area contributed by atoms with Gasteiger partial charge in [-0.05, 0) is 30.3 Å². The molecule has 0 bridgehead atoms. The minimum absolute atomic E-state index is 0.128. The van der Waals surface area contributed by atoms with Crippen molar-refractivity contribution in [1.29, 1.82) is 0 Å². The molecular formula is C17H10F3N3O2. The summed E-state index contributed by atoms with van der Waals surface area (Å²) < 4.78 is 38.0. The molecule has 1 aromatic carbocycles. The van der Waals surface area contributed by atoms with Crippen molar-refractivity contribution in [3.05, 3.63) is 66.1 Å². The van der Waals surface area contributed by atoms with Crippen LogP contribution in [0.2, 0.25) is 0 Å². The number of pyridine rings is 1. The first-order valence-corrected chi connectivity index (χ1v) is 7.05. The molecule has 3 aromatic rings. The van der Waals surface area contributed by atoms with Gasteiger partial charge in [-0.2, -0.15) is 13.2 Å².